The summed E-state index contributed by atoms with van der Waals surface area (Å²) in [6.07, 6.45) is -2.36. The van der Waals surface area contributed by atoms with Gasteiger partial charge in [0.1, 0.15) is 12.2 Å². The van der Waals surface area contributed by atoms with Crippen molar-refractivity contribution >= 4 is 0 Å². The lowest BCUT2D eigenvalue weighted by molar-refractivity contribution is -0.119. The van der Waals surface area contributed by atoms with Crippen LogP contribution in [0.5, 0.6) is 0 Å². The Balaban J connectivity index is 2.16. The molecular formula is C7H12O4. The van der Waals surface area contributed by atoms with E-state index in [4.69, 9.17) is 4.74 Å². The van der Waals surface area contributed by atoms with Crippen molar-refractivity contribution in [3.8, 4) is 0 Å². The van der Waals surface area contributed by atoms with Gasteiger partial charge in [-0.2, -0.15) is 0 Å². The van der Waals surface area contributed by atoms with E-state index in [0.717, 1.165) is 0 Å². The van der Waals surface area contributed by atoms with Crippen LogP contribution in [-0.2, 0) is 4.74 Å². The van der Waals surface area contributed by atoms with Crippen LogP contribution in [0.3, 0.4) is 0 Å². The van der Waals surface area contributed by atoms with Gasteiger partial charge >= 0.3 is 0 Å². The third-order valence-electron chi connectivity index (χ3n) is 2.62. The van der Waals surface area contributed by atoms with Gasteiger partial charge in [0.2, 0.25) is 0 Å². The van der Waals surface area contributed by atoms with Gasteiger partial charge in [0, 0.05) is 5.92 Å². The molecule has 0 aromatic carbocycles. The largest absolute Gasteiger partial charge is 0.390 e. The molecule has 2 fully saturated rings. The molecule has 1 saturated carbocycles. The molecular weight excluding hydrogens is 148 g/mol. The zero-order chi connectivity index (χ0) is 8.01. The monoisotopic (exact) mass is 160 g/mol. The van der Waals surface area contributed by atoms with Crippen molar-refractivity contribution in [2.75, 3.05) is 6.61 Å². The molecule has 2 bridgehead atoms. The lowest BCUT2D eigenvalue weighted by Gasteiger charge is -2.32. The molecule has 11 heavy (non-hydrogen) atoms. The molecule has 2 aliphatic rings. The maximum atomic E-state index is 9.34. The summed E-state index contributed by atoms with van der Waals surface area (Å²) in [4.78, 5) is 0. The Hall–Kier alpha value is -0.160. The summed E-state index contributed by atoms with van der Waals surface area (Å²) in [7, 11) is 0. The van der Waals surface area contributed by atoms with Gasteiger partial charge in [-0.3, -0.25) is 0 Å². The maximum Gasteiger partial charge on any atom is 0.109 e. The van der Waals surface area contributed by atoms with Crippen LogP contribution >= 0.6 is 0 Å². The van der Waals surface area contributed by atoms with Crippen molar-refractivity contribution in [1.82, 2.24) is 0 Å². The third kappa shape index (κ3) is 0.980. The molecule has 0 radical (unpaired) electrons. The molecule has 1 saturated heterocycles. The van der Waals surface area contributed by atoms with Crippen molar-refractivity contribution in [2.24, 2.45) is 5.92 Å². The van der Waals surface area contributed by atoms with Gasteiger partial charge in [0.25, 0.3) is 0 Å². The highest BCUT2D eigenvalue weighted by Gasteiger charge is 2.47. The van der Waals surface area contributed by atoms with Gasteiger partial charge in [-0.25, -0.2) is 0 Å². The van der Waals surface area contributed by atoms with Crippen LogP contribution in [0.25, 0.3) is 0 Å². The molecule has 0 spiro atoms. The number of hydrogen-bond donors (Lipinski definition) is 3. The van der Waals surface area contributed by atoms with E-state index in [1.807, 2.05) is 0 Å². The maximum absolute atomic E-state index is 9.34. The highest BCUT2D eigenvalue weighted by atomic mass is 16.5. The van der Waals surface area contributed by atoms with Crippen molar-refractivity contribution in [3.63, 3.8) is 0 Å². The van der Waals surface area contributed by atoms with E-state index in [-0.39, 0.29) is 12.0 Å². The Labute approximate surface area is 64.4 Å². The minimum Gasteiger partial charge on any atom is -0.390 e. The van der Waals surface area contributed by atoms with E-state index in [2.05, 4.69) is 0 Å². The number of aliphatic hydroxyl groups is 3. The molecule has 0 aromatic rings. The Morgan fingerprint density at radius 1 is 1.00 bits per heavy atom. The predicted octanol–water partition coefficient (Wildman–Crippen LogP) is -1.51. The highest BCUT2D eigenvalue weighted by molar-refractivity contribution is 4.96. The van der Waals surface area contributed by atoms with Gasteiger partial charge in [0.05, 0.1) is 18.8 Å². The van der Waals surface area contributed by atoms with Crippen molar-refractivity contribution in [1.29, 1.82) is 0 Å². The molecule has 3 N–H and O–H groups in total. The zero-order valence-electron chi connectivity index (χ0n) is 6.05. The van der Waals surface area contributed by atoms with Gasteiger partial charge < -0.3 is 20.1 Å². The summed E-state index contributed by atoms with van der Waals surface area (Å²) >= 11 is 0. The van der Waals surface area contributed by atoms with Crippen molar-refractivity contribution in [3.05, 3.63) is 0 Å². The molecule has 2 rings (SSSR count). The first-order valence-electron chi connectivity index (χ1n) is 3.86. The van der Waals surface area contributed by atoms with Gasteiger partial charge in [0.15, 0.2) is 0 Å². The standard InChI is InChI=1S/C7H12O4/c8-5-3-1-4(11-2-3)6(9)7(5)10/h3-10H,1-2H2/t3-,4-,5+,6+,7+/m1/s1. The van der Waals surface area contributed by atoms with E-state index in [0.29, 0.717) is 13.0 Å². The zero-order valence-corrected chi connectivity index (χ0v) is 6.05. The molecule has 1 aliphatic heterocycles. The number of aliphatic hydroxyl groups excluding tert-OH is 3. The number of fused-ring (bicyclic) bond motifs is 2. The van der Waals surface area contributed by atoms with Gasteiger partial charge in [-0.15, -0.1) is 0 Å². The second-order valence-electron chi connectivity index (χ2n) is 3.34. The topological polar surface area (TPSA) is 69.9 Å². The first-order chi connectivity index (χ1) is 5.20. The van der Waals surface area contributed by atoms with Crippen LogP contribution in [0, 0.1) is 5.92 Å². The van der Waals surface area contributed by atoms with E-state index < -0.39 is 18.3 Å². The second kappa shape index (κ2) is 2.42. The van der Waals surface area contributed by atoms with E-state index in [1.54, 1.807) is 0 Å². The first-order valence-corrected chi connectivity index (χ1v) is 3.86. The van der Waals surface area contributed by atoms with Crippen molar-refractivity contribution < 1.29 is 20.1 Å². The fourth-order valence-electron chi connectivity index (χ4n) is 1.86. The minimum atomic E-state index is -1.03. The molecule has 4 nitrogen and oxygen atoms in total. The first kappa shape index (κ1) is 7.49. The summed E-state index contributed by atoms with van der Waals surface area (Å²) in [5.41, 5.74) is 0. The summed E-state index contributed by atoms with van der Waals surface area (Å²) in [6, 6.07) is 0. The average Bonchev–Trinajstić information content (AvgIpc) is 2.44. The SMILES string of the molecule is O[C@@H]1[C@@H](O)[C@H]2C[C@H](CO2)[C@@H]1O. The molecule has 0 unspecified atom stereocenters. The summed E-state index contributed by atoms with van der Waals surface area (Å²) in [6.45, 7) is 0.458. The third-order valence-corrected chi connectivity index (χ3v) is 2.62. The van der Waals surface area contributed by atoms with Crippen molar-refractivity contribution in [2.45, 2.75) is 30.8 Å². The quantitative estimate of drug-likeness (QED) is 0.403. The van der Waals surface area contributed by atoms with Crippen LogP contribution in [0.1, 0.15) is 6.42 Å². The lowest BCUT2D eigenvalue weighted by atomic mass is 9.84. The van der Waals surface area contributed by atoms with Crippen LogP contribution < -0.4 is 0 Å². The molecule has 0 aromatic heterocycles. The summed E-state index contributed by atoms with van der Waals surface area (Å²) in [5.74, 6) is 0.0124. The molecule has 4 heteroatoms. The summed E-state index contributed by atoms with van der Waals surface area (Å²) < 4.78 is 5.16. The Morgan fingerprint density at radius 2 is 1.73 bits per heavy atom. The average molecular weight is 160 g/mol. The van der Waals surface area contributed by atoms with Crippen LogP contribution in [0.4, 0.5) is 0 Å². The molecule has 1 aliphatic carbocycles. The van der Waals surface area contributed by atoms with Crippen LogP contribution in [0.15, 0.2) is 0 Å². The molecule has 1 heterocycles. The van der Waals surface area contributed by atoms with Crippen LogP contribution in [0.2, 0.25) is 0 Å². The fraction of sp³-hybridized carbons (Fsp3) is 1.00. The Bertz CT molecular complexity index is 141. The number of hydrogen-bond acceptors (Lipinski definition) is 4. The minimum absolute atomic E-state index is 0.0124. The molecule has 0 amide bonds. The van der Waals surface area contributed by atoms with Crippen LogP contribution in [-0.4, -0.2) is 46.3 Å². The predicted molar refractivity (Wildman–Crippen MR) is 35.9 cm³/mol. The molecule has 5 atom stereocenters. The summed E-state index contributed by atoms with van der Waals surface area (Å²) in [5, 5.41) is 27.9. The van der Waals surface area contributed by atoms with Gasteiger partial charge in [-0.05, 0) is 6.42 Å². The number of ether oxygens (including phenoxy) is 1. The Kier molecular flexibility index (Phi) is 1.64. The van der Waals surface area contributed by atoms with E-state index in [9.17, 15) is 15.3 Å². The fourth-order valence-corrected chi connectivity index (χ4v) is 1.86. The van der Waals surface area contributed by atoms with E-state index >= 15 is 0 Å². The normalized spacial score (nSPS) is 56.5. The smallest absolute Gasteiger partial charge is 0.109 e. The highest BCUT2D eigenvalue weighted by Crippen LogP contribution is 2.33. The Morgan fingerprint density at radius 3 is 2.45 bits per heavy atom. The van der Waals surface area contributed by atoms with Gasteiger partial charge in [-0.1, -0.05) is 0 Å². The molecule has 64 valence electrons. The number of rotatable bonds is 0. The van der Waals surface area contributed by atoms with E-state index in [1.165, 1.54) is 0 Å². The second-order valence-corrected chi connectivity index (χ2v) is 3.34. The lowest BCUT2D eigenvalue weighted by Crippen LogP contribution is -2.50.